The molecule has 0 amide bonds. The molecule has 47 heavy (non-hydrogen) atoms. The minimum atomic E-state index is -0.893. The van der Waals surface area contributed by atoms with Gasteiger partial charge in [-0.15, -0.1) is 0 Å². The van der Waals surface area contributed by atoms with Gasteiger partial charge in [-0.3, -0.25) is 14.2 Å². The molecule has 238 valence electrons. The topological polar surface area (TPSA) is 114 Å². The first kappa shape index (κ1) is 31.7. The molecule has 2 aromatic heterocycles. The van der Waals surface area contributed by atoms with Crippen LogP contribution in [0.1, 0.15) is 37.9 Å². The van der Waals surface area contributed by atoms with Crippen LogP contribution in [0.25, 0.3) is 23.0 Å². The van der Waals surface area contributed by atoms with Crippen molar-refractivity contribution in [1.29, 1.82) is 0 Å². The lowest BCUT2D eigenvalue weighted by atomic mass is 9.95. The summed E-state index contributed by atoms with van der Waals surface area (Å²) in [7, 11) is 1.44. The van der Waals surface area contributed by atoms with E-state index in [9.17, 15) is 14.4 Å². The average Bonchev–Trinajstić information content (AvgIpc) is 3.61. The van der Waals surface area contributed by atoms with E-state index in [1.54, 1.807) is 54.9 Å². The Morgan fingerprint density at radius 1 is 1.04 bits per heavy atom. The lowest BCUT2D eigenvalue weighted by Crippen LogP contribution is -2.40. The van der Waals surface area contributed by atoms with Gasteiger partial charge in [-0.25, -0.2) is 14.5 Å². The zero-order valence-corrected chi connectivity index (χ0v) is 27.5. The second-order valence-electron chi connectivity index (χ2n) is 10.5. The van der Waals surface area contributed by atoms with Gasteiger partial charge < -0.3 is 14.2 Å². The molecule has 0 radical (unpaired) electrons. The number of nitrogens with zero attached hydrogens (tertiary/aromatic N) is 4. The fraction of sp³-hybridized carbons (Fsp3) is 0.171. The Bertz CT molecular complexity index is 2220. The number of rotatable bonds is 8. The Labute approximate surface area is 278 Å². The standard InChI is InChI=1S/C35H29ClN4O6S/c1-5-45-34(43)30-20(2)37-35-40(32(30)23-13-16-27(46-21(3)41)28(17-23)44-4)33(42)29(47-35)18-24-19-39(26-9-7-6-8-10-26)38-31(24)22-11-14-25(36)15-12-22/h6-19,32H,5H2,1-4H3/b29-18-. The molecule has 1 aliphatic heterocycles. The van der Waals surface area contributed by atoms with Crippen LogP contribution in [0.5, 0.6) is 11.5 Å². The molecular weight excluding hydrogens is 640 g/mol. The molecule has 0 bridgehead atoms. The van der Waals surface area contributed by atoms with Crippen LogP contribution >= 0.6 is 22.9 Å². The Kier molecular flexibility index (Phi) is 8.93. The summed E-state index contributed by atoms with van der Waals surface area (Å²) < 4.78 is 19.8. The van der Waals surface area contributed by atoms with Gasteiger partial charge in [0, 0.05) is 29.3 Å². The molecule has 0 N–H and O–H groups in total. The first-order chi connectivity index (χ1) is 22.7. The molecule has 12 heteroatoms. The smallest absolute Gasteiger partial charge is 0.338 e. The van der Waals surface area contributed by atoms with Gasteiger partial charge in [0.05, 0.1) is 41.2 Å². The van der Waals surface area contributed by atoms with E-state index in [4.69, 9.17) is 30.9 Å². The second-order valence-corrected chi connectivity index (χ2v) is 12.0. The van der Waals surface area contributed by atoms with Crippen LogP contribution in [0.4, 0.5) is 0 Å². The van der Waals surface area contributed by atoms with Crippen molar-refractivity contribution in [2.24, 2.45) is 4.99 Å². The summed E-state index contributed by atoms with van der Waals surface area (Å²) in [5.41, 5.74) is 3.85. The number of halogens is 1. The van der Waals surface area contributed by atoms with Crippen molar-refractivity contribution in [3.63, 3.8) is 0 Å². The Morgan fingerprint density at radius 2 is 1.79 bits per heavy atom. The van der Waals surface area contributed by atoms with Crippen molar-refractivity contribution in [1.82, 2.24) is 14.3 Å². The SMILES string of the molecule is CCOC(=O)C1=C(C)N=c2s/c(=C\c3cn(-c4ccccc4)nc3-c3ccc(Cl)cc3)c(=O)n2C1c1ccc(OC(C)=O)c(OC)c1. The Morgan fingerprint density at radius 3 is 2.47 bits per heavy atom. The van der Waals surface area contributed by atoms with Crippen LogP contribution in [0, 0.1) is 0 Å². The molecule has 0 fully saturated rings. The van der Waals surface area contributed by atoms with Gasteiger partial charge in [-0.2, -0.15) is 5.10 Å². The monoisotopic (exact) mass is 668 g/mol. The molecule has 1 atom stereocenters. The zero-order valence-electron chi connectivity index (χ0n) is 25.9. The van der Waals surface area contributed by atoms with Crippen molar-refractivity contribution in [2.75, 3.05) is 13.7 Å². The van der Waals surface area contributed by atoms with Crippen molar-refractivity contribution in [3.05, 3.63) is 126 Å². The maximum Gasteiger partial charge on any atom is 0.338 e. The number of hydrogen-bond donors (Lipinski definition) is 0. The number of esters is 2. The van der Waals surface area contributed by atoms with Crippen LogP contribution in [-0.4, -0.2) is 40.0 Å². The fourth-order valence-electron chi connectivity index (χ4n) is 5.38. The van der Waals surface area contributed by atoms with Crippen LogP contribution in [0.2, 0.25) is 5.02 Å². The quantitative estimate of drug-likeness (QED) is 0.164. The normalized spacial score (nSPS) is 14.4. The van der Waals surface area contributed by atoms with Gasteiger partial charge in [0.15, 0.2) is 16.3 Å². The fourth-order valence-corrected chi connectivity index (χ4v) is 6.54. The lowest BCUT2D eigenvalue weighted by molar-refractivity contribution is -0.139. The van der Waals surface area contributed by atoms with E-state index in [0.717, 1.165) is 11.3 Å². The number of carbonyl (C=O) groups excluding carboxylic acids is 2. The van der Waals surface area contributed by atoms with Crippen LogP contribution < -0.4 is 24.4 Å². The van der Waals surface area contributed by atoms with Crippen molar-refractivity contribution >= 4 is 41.0 Å². The largest absolute Gasteiger partial charge is 0.493 e. The summed E-state index contributed by atoms with van der Waals surface area (Å²) in [6, 6.07) is 21.0. The molecule has 10 nitrogen and oxygen atoms in total. The van der Waals surface area contributed by atoms with Gasteiger partial charge in [-0.1, -0.05) is 59.3 Å². The van der Waals surface area contributed by atoms with E-state index in [0.29, 0.717) is 36.9 Å². The number of carbonyl (C=O) groups is 2. The summed E-state index contributed by atoms with van der Waals surface area (Å²) in [6.45, 7) is 4.85. The average molecular weight is 669 g/mol. The maximum atomic E-state index is 14.3. The third-order valence-electron chi connectivity index (χ3n) is 7.44. The third kappa shape index (κ3) is 6.27. The third-order valence-corrected chi connectivity index (χ3v) is 8.68. The number of methoxy groups -OCH3 is 1. The number of thiazole rings is 1. The van der Waals surface area contributed by atoms with E-state index < -0.39 is 18.0 Å². The van der Waals surface area contributed by atoms with Crippen molar-refractivity contribution < 1.29 is 23.8 Å². The molecule has 0 saturated carbocycles. The zero-order chi connectivity index (χ0) is 33.2. The molecule has 0 aliphatic carbocycles. The van der Waals surface area contributed by atoms with E-state index in [2.05, 4.69) is 4.99 Å². The van der Waals surface area contributed by atoms with Gasteiger partial charge in [-0.05, 0) is 61.9 Å². The Balaban J connectivity index is 1.56. The number of aromatic nitrogens is 3. The summed E-state index contributed by atoms with van der Waals surface area (Å²) >= 11 is 7.38. The summed E-state index contributed by atoms with van der Waals surface area (Å²) in [5, 5.41) is 5.46. The number of para-hydroxylation sites is 1. The first-order valence-corrected chi connectivity index (χ1v) is 15.8. The highest BCUT2D eigenvalue weighted by molar-refractivity contribution is 7.07. The van der Waals surface area contributed by atoms with Gasteiger partial charge in [0.1, 0.15) is 5.69 Å². The molecule has 1 unspecified atom stereocenters. The van der Waals surface area contributed by atoms with E-state index >= 15 is 0 Å². The van der Waals surface area contributed by atoms with Crippen LogP contribution in [0.15, 0.2) is 100 Å². The number of benzene rings is 3. The summed E-state index contributed by atoms with van der Waals surface area (Å²) in [5.74, 6) is -0.635. The highest BCUT2D eigenvalue weighted by Gasteiger charge is 2.34. The van der Waals surface area contributed by atoms with Gasteiger partial charge >= 0.3 is 11.9 Å². The van der Waals surface area contributed by atoms with Crippen molar-refractivity contribution in [2.45, 2.75) is 26.8 Å². The van der Waals surface area contributed by atoms with E-state index in [1.165, 1.54) is 29.9 Å². The predicted molar refractivity (Wildman–Crippen MR) is 179 cm³/mol. The summed E-state index contributed by atoms with van der Waals surface area (Å²) in [6.07, 6.45) is 3.65. The number of ether oxygens (including phenoxy) is 3. The molecule has 1 aliphatic rings. The Hall–Kier alpha value is -5.26. The minimum Gasteiger partial charge on any atom is -0.493 e. The number of hydrogen-bond acceptors (Lipinski definition) is 9. The van der Waals surface area contributed by atoms with Gasteiger partial charge in [0.25, 0.3) is 5.56 Å². The van der Waals surface area contributed by atoms with Crippen LogP contribution in [-0.2, 0) is 14.3 Å². The lowest BCUT2D eigenvalue weighted by Gasteiger charge is -2.25. The molecule has 0 saturated heterocycles. The second kappa shape index (κ2) is 13.2. The van der Waals surface area contributed by atoms with Crippen molar-refractivity contribution in [3.8, 4) is 28.4 Å². The maximum absolute atomic E-state index is 14.3. The first-order valence-electron chi connectivity index (χ1n) is 14.7. The molecule has 6 rings (SSSR count). The highest BCUT2D eigenvalue weighted by Crippen LogP contribution is 2.36. The predicted octanol–water partition coefficient (Wildman–Crippen LogP) is 5.24. The summed E-state index contributed by atoms with van der Waals surface area (Å²) in [4.78, 5) is 44.5. The highest BCUT2D eigenvalue weighted by atomic mass is 35.5. The van der Waals surface area contributed by atoms with E-state index in [1.807, 2.05) is 48.7 Å². The molecule has 3 heterocycles. The van der Waals surface area contributed by atoms with Gasteiger partial charge in [0.2, 0.25) is 0 Å². The molecule has 5 aromatic rings. The minimum absolute atomic E-state index is 0.139. The number of fused-ring (bicyclic) bond motifs is 1. The molecule has 0 spiro atoms. The molecule has 3 aromatic carbocycles. The van der Waals surface area contributed by atoms with Crippen LogP contribution in [0.3, 0.4) is 0 Å². The van der Waals surface area contributed by atoms with E-state index in [-0.39, 0.29) is 29.2 Å². The molecular formula is C35H29ClN4O6S. The number of allylic oxidation sites excluding steroid dienone is 1.